The van der Waals surface area contributed by atoms with Crippen molar-refractivity contribution in [3.63, 3.8) is 0 Å². The van der Waals surface area contributed by atoms with E-state index in [9.17, 15) is 4.79 Å². The van der Waals surface area contributed by atoms with E-state index in [1.165, 1.54) is 11.3 Å². The smallest absolute Gasteiger partial charge is 0.219 e. The molecule has 0 saturated heterocycles. The third-order valence-electron chi connectivity index (χ3n) is 3.68. The Morgan fingerprint density at radius 2 is 1.80 bits per heavy atom. The Balaban J connectivity index is 2.28. The molecule has 0 fully saturated rings. The van der Waals surface area contributed by atoms with Crippen molar-refractivity contribution in [2.45, 2.75) is 45.4 Å². The molecule has 0 bridgehead atoms. The van der Waals surface area contributed by atoms with E-state index in [4.69, 9.17) is 0 Å². The highest BCUT2D eigenvalue weighted by Crippen LogP contribution is 2.19. The van der Waals surface area contributed by atoms with Crippen LogP contribution in [0.2, 0.25) is 0 Å². The highest BCUT2D eigenvalue weighted by Gasteiger charge is 2.03. The van der Waals surface area contributed by atoms with Gasteiger partial charge in [-0.2, -0.15) is 0 Å². The topological polar surface area (TPSA) is 32.3 Å². The second kappa shape index (κ2) is 8.62. The van der Waals surface area contributed by atoms with Crippen molar-refractivity contribution in [1.82, 2.24) is 5.32 Å². The zero-order valence-electron chi connectivity index (χ0n) is 13.3. The molecule has 0 aliphatic carbocycles. The predicted molar refractivity (Wildman–Crippen MR) is 86.3 cm³/mol. The van der Waals surface area contributed by atoms with E-state index < -0.39 is 0 Å². The number of nitrogens with one attached hydrogen (secondary N) is 1. The summed E-state index contributed by atoms with van der Waals surface area (Å²) in [6.45, 7) is 5.46. The summed E-state index contributed by atoms with van der Waals surface area (Å²) < 4.78 is 0. The van der Waals surface area contributed by atoms with Gasteiger partial charge in [-0.25, -0.2) is 0 Å². The molecule has 0 heterocycles. The predicted octanol–water partition coefficient (Wildman–Crippen LogP) is 3.55. The Morgan fingerprint density at radius 1 is 1.15 bits per heavy atom. The summed E-state index contributed by atoms with van der Waals surface area (Å²) in [5.74, 6) is 0.724. The minimum Gasteiger partial charge on any atom is -0.375 e. The monoisotopic (exact) mass is 276 g/mol. The van der Waals surface area contributed by atoms with E-state index in [1.54, 1.807) is 7.05 Å². The van der Waals surface area contributed by atoms with E-state index in [-0.39, 0.29) is 5.91 Å². The van der Waals surface area contributed by atoms with Crippen LogP contribution in [0.3, 0.4) is 0 Å². The number of anilines is 1. The van der Waals surface area contributed by atoms with Gasteiger partial charge in [0.2, 0.25) is 5.91 Å². The van der Waals surface area contributed by atoms with Gasteiger partial charge in [-0.3, -0.25) is 4.79 Å². The fourth-order valence-corrected chi connectivity index (χ4v) is 2.18. The molecule has 3 heteroatoms. The number of hydrogen-bond donors (Lipinski definition) is 1. The highest BCUT2D eigenvalue weighted by molar-refractivity contribution is 5.75. The van der Waals surface area contributed by atoms with E-state index in [0.717, 1.165) is 25.8 Å². The van der Waals surface area contributed by atoms with Gasteiger partial charge in [-0.05, 0) is 36.5 Å². The van der Waals surface area contributed by atoms with Gasteiger partial charge >= 0.3 is 0 Å². The lowest BCUT2D eigenvalue weighted by molar-refractivity contribution is -0.120. The van der Waals surface area contributed by atoms with E-state index in [1.807, 2.05) is 0 Å². The Labute approximate surface area is 123 Å². The summed E-state index contributed by atoms with van der Waals surface area (Å²) in [6, 6.07) is 8.81. The molecule has 0 radical (unpaired) electrons. The van der Waals surface area contributed by atoms with Crippen molar-refractivity contribution in [2.75, 3.05) is 25.5 Å². The Morgan fingerprint density at radius 3 is 2.35 bits per heavy atom. The maximum absolute atomic E-state index is 11.1. The number of hydrogen-bond acceptors (Lipinski definition) is 2. The average Bonchev–Trinajstić information content (AvgIpc) is 2.46. The average molecular weight is 276 g/mol. The molecule has 0 spiro atoms. The summed E-state index contributed by atoms with van der Waals surface area (Å²) in [7, 11) is 3.82. The summed E-state index contributed by atoms with van der Waals surface area (Å²) >= 11 is 0. The molecule has 0 unspecified atom stereocenters. The van der Waals surface area contributed by atoms with Gasteiger partial charge in [0.25, 0.3) is 0 Å². The second-order valence-corrected chi connectivity index (χ2v) is 5.65. The molecule has 0 saturated carbocycles. The Hall–Kier alpha value is -1.51. The molecule has 0 aliphatic heterocycles. The number of carbonyl (C=O) groups is 1. The molecule has 0 aliphatic rings. The van der Waals surface area contributed by atoms with Crippen LogP contribution in [0.25, 0.3) is 0 Å². The van der Waals surface area contributed by atoms with Gasteiger partial charge < -0.3 is 10.2 Å². The molecule has 20 heavy (non-hydrogen) atoms. The summed E-state index contributed by atoms with van der Waals surface area (Å²) in [5.41, 5.74) is 2.65. The lowest BCUT2D eigenvalue weighted by Crippen LogP contribution is -2.19. The van der Waals surface area contributed by atoms with Crippen LogP contribution in [0.15, 0.2) is 24.3 Å². The third-order valence-corrected chi connectivity index (χ3v) is 3.68. The van der Waals surface area contributed by atoms with Gasteiger partial charge in [0.1, 0.15) is 0 Å². The molecule has 1 N–H and O–H groups in total. The van der Waals surface area contributed by atoms with Crippen LogP contribution in [0, 0.1) is 0 Å². The SMILES string of the molecule is CNC(=O)CCCCCN(C)c1ccc(C(C)C)cc1. The van der Waals surface area contributed by atoms with Crippen molar-refractivity contribution in [3.05, 3.63) is 29.8 Å². The normalized spacial score (nSPS) is 10.7. The molecular formula is C17H28N2O. The maximum Gasteiger partial charge on any atom is 0.219 e. The largest absolute Gasteiger partial charge is 0.375 e. The zero-order chi connectivity index (χ0) is 15.0. The Kier molecular flexibility index (Phi) is 7.13. The quantitative estimate of drug-likeness (QED) is 0.736. The Bertz CT molecular complexity index is 398. The second-order valence-electron chi connectivity index (χ2n) is 5.65. The molecule has 112 valence electrons. The van der Waals surface area contributed by atoms with E-state index >= 15 is 0 Å². The first-order chi connectivity index (χ1) is 9.54. The van der Waals surface area contributed by atoms with Crippen LogP contribution in [-0.2, 0) is 4.79 Å². The van der Waals surface area contributed by atoms with Crippen LogP contribution in [-0.4, -0.2) is 26.5 Å². The van der Waals surface area contributed by atoms with Crippen molar-refractivity contribution in [3.8, 4) is 0 Å². The number of benzene rings is 1. The standard InChI is InChI=1S/C17H28N2O/c1-14(2)15-9-11-16(12-10-15)19(4)13-7-5-6-8-17(20)18-3/h9-12,14H,5-8,13H2,1-4H3,(H,18,20). The van der Waals surface area contributed by atoms with Gasteiger partial charge in [-0.15, -0.1) is 0 Å². The number of amides is 1. The van der Waals surface area contributed by atoms with Gasteiger partial charge in [0, 0.05) is 32.7 Å². The molecule has 1 aromatic carbocycles. The molecule has 1 rings (SSSR count). The summed E-state index contributed by atoms with van der Waals surface area (Å²) in [5, 5.41) is 2.66. The molecule has 0 atom stereocenters. The van der Waals surface area contributed by atoms with Crippen LogP contribution in [0.4, 0.5) is 5.69 Å². The van der Waals surface area contributed by atoms with E-state index in [2.05, 4.69) is 55.4 Å². The lowest BCUT2D eigenvalue weighted by Gasteiger charge is -2.20. The number of unbranched alkanes of at least 4 members (excludes halogenated alkanes) is 2. The van der Waals surface area contributed by atoms with Gasteiger partial charge in [0.15, 0.2) is 0 Å². The summed E-state index contributed by atoms with van der Waals surface area (Å²) in [6.07, 6.45) is 3.84. The van der Waals surface area contributed by atoms with Gasteiger partial charge in [0.05, 0.1) is 0 Å². The molecule has 0 aromatic heterocycles. The van der Waals surface area contributed by atoms with Crippen LogP contribution in [0.1, 0.15) is 51.0 Å². The first-order valence-electron chi connectivity index (χ1n) is 7.56. The molecule has 1 aromatic rings. The first kappa shape index (κ1) is 16.5. The van der Waals surface area contributed by atoms with Crippen LogP contribution >= 0.6 is 0 Å². The van der Waals surface area contributed by atoms with Crippen molar-refractivity contribution >= 4 is 11.6 Å². The minimum absolute atomic E-state index is 0.141. The van der Waals surface area contributed by atoms with E-state index in [0.29, 0.717) is 12.3 Å². The maximum atomic E-state index is 11.1. The lowest BCUT2D eigenvalue weighted by atomic mass is 10.0. The van der Waals surface area contributed by atoms with Crippen LogP contribution < -0.4 is 10.2 Å². The van der Waals surface area contributed by atoms with Crippen molar-refractivity contribution < 1.29 is 4.79 Å². The fraction of sp³-hybridized carbons (Fsp3) is 0.588. The number of rotatable bonds is 8. The third kappa shape index (κ3) is 5.64. The molecule has 1 amide bonds. The number of carbonyl (C=O) groups excluding carboxylic acids is 1. The summed E-state index contributed by atoms with van der Waals surface area (Å²) in [4.78, 5) is 13.4. The zero-order valence-corrected chi connectivity index (χ0v) is 13.3. The highest BCUT2D eigenvalue weighted by atomic mass is 16.1. The molecule has 3 nitrogen and oxygen atoms in total. The fourth-order valence-electron chi connectivity index (χ4n) is 2.18. The van der Waals surface area contributed by atoms with Crippen LogP contribution in [0.5, 0.6) is 0 Å². The van der Waals surface area contributed by atoms with Crippen molar-refractivity contribution in [1.29, 1.82) is 0 Å². The first-order valence-corrected chi connectivity index (χ1v) is 7.56. The molecular weight excluding hydrogens is 248 g/mol. The van der Waals surface area contributed by atoms with Gasteiger partial charge in [-0.1, -0.05) is 32.4 Å². The van der Waals surface area contributed by atoms with Crippen molar-refractivity contribution in [2.24, 2.45) is 0 Å². The minimum atomic E-state index is 0.141. The number of nitrogens with zero attached hydrogens (tertiary/aromatic N) is 1.